The summed E-state index contributed by atoms with van der Waals surface area (Å²) in [5.41, 5.74) is 2.51. The fourth-order valence-electron chi connectivity index (χ4n) is 5.21. The van der Waals surface area contributed by atoms with E-state index in [2.05, 4.69) is 0 Å². The molecule has 202 valence electrons. The molecule has 4 aromatic rings. The van der Waals surface area contributed by atoms with E-state index < -0.39 is 10.8 Å². The molecule has 1 unspecified atom stereocenters. The predicted molar refractivity (Wildman–Crippen MR) is 154 cm³/mol. The summed E-state index contributed by atoms with van der Waals surface area (Å²) in [5, 5.41) is 0.544. The van der Waals surface area contributed by atoms with E-state index in [1.807, 2.05) is 17.0 Å². The first kappa shape index (κ1) is 26.2. The quantitative estimate of drug-likeness (QED) is 0.311. The van der Waals surface area contributed by atoms with E-state index >= 15 is 0 Å². The Kier molecular flexibility index (Phi) is 7.12. The molecule has 2 aliphatic heterocycles. The maximum atomic E-state index is 14.3. The van der Waals surface area contributed by atoms with Crippen molar-refractivity contribution in [2.24, 2.45) is 0 Å². The fraction of sp³-hybridized carbons (Fsp3) is 0.161. The summed E-state index contributed by atoms with van der Waals surface area (Å²) in [7, 11) is -1.62. The second kappa shape index (κ2) is 10.9. The predicted octanol–water partition coefficient (Wildman–Crippen LogP) is 5.77. The second-order valence-electron chi connectivity index (χ2n) is 9.70. The number of para-hydroxylation sites is 1. The molecule has 2 amide bonds. The molecule has 1 saturated heterocycles. The van der Waals surface area contributed by atoms with E-state index in [0.717, 1.165) is 5.56 Å². The third kappa shape index (κ3) is 4.89. The van der Waals surface area contributed by atoms with Gasteiger partial charge < -0.3 is 14.7 Å². The first-order chi connectivity index (χ1) is 19.4. The number of fused-ring (bicyclic) bond motifs is 2. The molecule has 2 heterocycles. The molecule has 4 aromatic carbocycles. The van der Waals surface area contributed by atoms with Crippen LogP contribution >= 0.6 is 11.6 Å². The maximum absolute atomic E-state index is 14.3. The molecule has 0 N–H and O–H groups in total. The first-order valence-corrected chi connectivity index (χ1v) is 14.4. The molecule has 0 saturated carbocycles. The molecule has 0 bridgehead atoms. The third-order valence-electron chi connectivity index (χ3n) is 7.25. The van der Waals surface area contributed by atoms with Crippen molar-refractivity contribution in [3.63, 3.8) is 0 Å². The van der Waals surface area contributed by atoms with Gasteiger partial charge in [0.2, 0.25) is 0 Å². The van der Waals surface area contributed by atoms with Crippen LogP contribution in [0.3, 0.4) is 0 Å². The van der Waals surface area contributed by atoms with Crippen LogP contribution in [-0.4, -0.2) is 47.1 Å². The third-order valence-corrected chi connectivity index (χ3v) is 8.98. The molecule has 40 heavy (non-hydrogen) atoms. The Labute approximate surface area is 239 Å². The minimum absolute atomic E-state index is 0.191. The summed E-state index contributed by atoms with van der Waals surface area (Å²) >= 11 is 6.22. The molecular weight excluding hydrogens is 549 g/mol. The highest BCUT2D eigenvalue weighted by Gasteiger charge is 2.32. The van der Waals surface area contributed by atoms with Gasteiger partial charge in [-0.15, -0.1) is 0 Å². The maximum Gasteiger partial charge on any atom is 0.259 e. The van der Waals surface area contributed by atoms with Crippen LogP contribution in [0.4, 0.5) is 15.8 Å². The van der Waals surface area contributed by atoms with Crippen LogP contribution in [0.15, 0.2) is 101 Å². The van der Waals surface area contributed by atoms with Gasteiger partial charge in [-0.25, -0.2) is 8.60 Å². The molecule has 6 nitrogen and oxygen atoms in total. The van der Waals surface area contributed by atoms with E-state index in [0.29, 0.717) is 63.5 Å². The number of piperazine rings is 1. The summed E-state index contributed by atoms with van der Waals surface area (Å²) in [6.07, 6.45) is 0. The summed E-state index contributed by atoms with van der Waals surface area (Å²) < 4.78 is 28.0. The van der Waals surface area contributed by atoms with Crippen LogP contribution in [0.2, 0.25) is 5.02 Å². The van der Waals surface area contributed by atoms with Gasteiger partial charge in [0.1, 0.15) is 5.82 Å². The van der Waals surface area contributed by atoms with Crippen LogP contribution < -0.4 is 9.80 Å². The van der Waals surface area contributed by atoms with Crippen LogP contribution in [-0.2, 0) is 17.3 Å². The Morgan fingerprint density at radius 2 is 1.57 bits per heavy atom. The normalized spacial score (nSPS) is 16.8. The number of halogens is 2. The number of hydrogen-bond acceptors (Lipinski definition) is 4. The van der Waals surface area contributed by atoms with Crippen molar-refractivity contribution < 1.29 is 18.2 Å². The SMILES string of the molecule is O=C(c1ccc2c(c1)N(Cc1cccc(Cl)c1)C(=O)c1ccccc1S2=O)N1CCN(c2ccccc2F)CC1. The lowest BCUT2D eigenvalue weighted by molar-refractivity contribution is 0.0746. The number of amides is 2. The highest BCUT2D eigenvalue weighted by Crippen LogP contribution is 2.36. The smallest absolute Gasteiger partial charge is 0.259 e. The summed E-state index contributed by atoms with van der Waals surface area (Å²) in [5.74, 6) is -0.782. The molecule has 0 radical (unpaired) electrons. The molecule has 0 spiro atoms. The molecule has 6 rings (SSSR count). The second-order valence-corrected chi connectivity index (χ2v) is 11.6. The number of nitrogens with zero attached hydrogens (tertiary/aromatic N) is 3. The highest BCUT2D eigenvalue weighted by atomic mass is 35.5. The lowest BCUT2D eigenvalue weighted by atomic mass is 10.1. The number of hydrogen-bond donors (Lipinski definition) is 0. The highest BCUT2D eigenvalue weighted by molar-refractivity contribution is 7.85. The number of anilines is 2. The zero-order valence-electron chi connectivity index (χ0n) is 21.4. The minimum Gasteiger partial charge on any atom is -0.366 e. The van der Waals surface area contributed by atoms with Gasteiger partial charge in [0.15, 0.2) is 0 Å². The molecule has 1 fully saturated rings. The lowest BCUT2D eigenvalue weighted by Crippen LogP contribution is -2.49. The van der Waals surface area contributed by atoms with Gasteiger partial charge in [-0.3, -0.25) is 9.59 Å². The van der Waals surface area contributed by atoms with Gasteiger partial charge in [0.05, 0.1) is 44.1 Å². The van der Waals surface area contributed by atoms with Gasteiger partial charge in [-0.2, -0.15) is 0 Å². The Balaban J connectivity index is 1.33. The summed E-state index contributed by atoms with van der Waals surface area (Å²) in [6, 6.07) is 25.7. The van der Waals surface area contributed by atoms with Crippen molar-refractivity contribution >= 4 is 45.6 Å². The van der Waals surface area contributed by atoms with Gasteiger partial charge in [0, 0.05) is 36.8 Å². The van der Waals surface area contributed by atoms with Gasteiger partial charge in [0.25, 0.3) is 11.8 Å². The van der Waals surface area contributed by atoms with Crippen molar-refractivity contribution in [3.8, 4) is 0 Å². The first-order valence-electron chi connectivity index (χ1n) is 12.9. The summed E-state index contributed by atoms with van der Waals surface area (Å²) in [4.78, 5) is 33.6. The monoisotopic (exact) mass is 573 g/mol. The standard InChI is InChI=1S/C31H25ClFN3O3S/c32-23-7-5-6-21(18-23)20-36-27-19-22(12-13-29(27)40(39)28-11-4-1-8-24(28)31(36)38)30(37)35-16-14-34(15-17-35)26-10-3-2-9-25(26)33/h1-13,18-19H,14-17,20H2. The van der Waals surface area contributed by atoms with Crippen molar-refractivity contribution in [2.45, 2.75) is 16.3 Å². The number of carbonyl (C=O) groups is 2. The van der Waals surface area contributed by atoms with Gasteiger partial charge in [-0.05, 0) is 60.2 Å². The Morgan fingerprint density at radius 3 is 2.35 bits per heavy atom. The van der Waals surface area contributed by atoms with Crippen LogP contribution in [0.5, 0.6) is 0 Å². The van der Waals surface area contributed by atoms with Crippen molar-refractivity contribution in [1.82, 2.24) is 4.90 Å². The van der Waals surface area contributed by atoms with Crippen LogP contribution in [0.25, 0.3) is 0 Å². The van der Waals surface area contributed by atoms with Crippen LogP contribution in [0.1, 0.15) is 26.3 Å². The Hall–Kier alpha value is -4.01. The lowest BCUT2D eigenvalue weighted by Gasteiger charge is -2.36. The molecule has 2 aliphatic rings. The zero-order chi connectivity index (χ0) is 27.8. The average Bonchev–Trinajstić information content (AvgIpc) is 3.06. The largest absolute Gasteiger partial charge is 0.366 e. The van der Waals surface area contributed by atoms with Gasteiger partial charge in [-0.1, -0.05) is 48.0 Å². The molecular formula is C31H25ClFN3O3S. The molecule has 9 heteroatoms. The Bertz CT molecular complexity index is 1650. The van der Waals surface area contributed by atoms with Crippen molar-refractivity contribution in [3.05, 3.63) is 119 Å². The van der Waals surface area contributed by atoms with Crippen molar-refractivity contribution in [1.29, 1.82) is 0 Å². The number of carbonyl (C=O) groups excluding carboxylic acids is 2. The molecule has 1 atom stereocenters. The topological polar surface area (TPSA) is 60.9 Å². The number of benzene rings is 4. The van der Waals surface area contributed by atoms with E-state index in [1.165, 1.54) is 6.07 Å². The Morgan fingerprint density at radius 1 is 0.825 bits per heavy atom. The number of rotatable bonds is 4. The van der Waals surface area contributed by atoms with E-state index in [4.69, 9.17) is 11.6 Å². The molecule has 0 aliphatic carbocycles. The average molecular weight is 574 g/mol. The van der Waals surface area contributed by atoms with Crippen LogP contribution in [0, 0.1) is 5.82 Å². The van der Waals surface area contributed by atoms with Crippen molar-refractivity contribution in [2.75, 3.05) is 36.0 Å². The summed E-state index contributed by atoms with van der Waals surface area (Å²) in [6.45, 7) is 2.03. The van der Waals surface area contributed by atoms with E-state index in [-0.39, 0.29) is 24.2 Å². The minimum atomic E-state index is -1.62. The van der Waals surface area contributed by atoms with E-state index in [1.54, 1.807) is 82.6 Å². The fourth-order valence-corrected chi connectivity index (χ4v) is 6.77. The molecule has 0 aromatic heterocycles. The zero-order valence-corrected chi connectivity index (χ0v) is 23.0. The van der Waals surface area contributed by atoms with Gasteiger partial charge >= 0.3 is 0 Å². The van der Waals surface area contributed by atoms with E-state index in [9.17, 15) is 18.2 Å².